The van der Waals surface area contributed by atoms with Crippen LogP contribution in [-0.2, 0) is 0 Å². The van der Waals surface area contributed by atoms with Gasteiger partial charge in [0.2, 0.25) is 0 Å². The van der Waals surface area contributed by atoms with Gasteiger partial charge in [0.1, 0.15) is 17.6 Å². The van der Waals surface area contributed by atoms with Crippen LogP contribution in [-0.4, -0.2) is 12.2 Å². The smallest absolute Gasteiger partial charge is 0.128 e. The average Bonchev–Trinajstić information content (AvgIpc) is 2.48. The molecule has 2 aromatic rings. The molecule has 21 heavy (non-hydrogen) atoms. The molecule has 3 rings (SSSR count). The third-order valence-corrected chi connectivity index (χ3v) is 4.54. The fourth-order valence-electron chi connectivity index (χ4n) is 2.50. The fourth-order valence-corrected chi connectivity index (χ4v) is 3.19. The van der Waals surface area contributed by atoms with Crippen molar-refractivity contribution in [1.29, 1.82) is 0 Å². The minimum atomic E-state index is -0.601. The number of fused-ring (bicyclic) bond motifs is 1. The molecule has 0 radical (unpaired) electrons. The van der Waals surface area contributed by atoms with E-state index in [4.69, 9.17) is 21.1 Å². The lowest BCUT2D eigenvalue weighted by molar-refractivity contribution is 0.0653. The third-order valence-electron chi connectivity index (χ3n) is 3.59. The maximum atomic E-state index is 10.3. The van der Waals surface area contributed by atoms with Gasteiger partial charge < -0.3 is 14.6 Å². The molecular formula is C16H14BrClO3. The summed E-state index contributed by atoms with van der Waals surface area (Å²) in [7, 11) is 1.63. The van der Waals surface area contributed by atoms with E-state index in [-0.39, 0.29) is 6.10 Å². The maximum absolute atomic E-state index is 10.3. The van der Waals surface area contributed by atoms with E-state index in [1.807, 2.05) is 18.2 Å². The predicted octanol–water partition coefficient (Wildman–Crippen LogP) is 4.67. The first-order valence-corrected chi connectivity index (χ1v) is 7.73. The molecule has 0 aromatic heterocycles. The number of benzene rings is 2. The SMILES string of the molecule is COc1ccc(Br)c(C2CC(O)c3cc(Cl)ccc3O2)c1. The number of hydrogen-bond donors (Lipinski definition) is 1. The summed E-state index contributed by atoms with van der Waals surface area (Å²) in [6, 6.07) is 11.0. The number of aliphatic hydroxyl groups excluding tert-OH is 1. The van der Waals surface area contributed by atoms with E-state index in [0.717, 1.165) is 21.3 Å². The van der Waals surface area contributed by atoms with E-state index in [9.17, 15) is 5.11 Å². The van der Waals surface area contributed by atoms with Gasteiger partial charge >= 0.3 is 0 Å². The van der Waals surface area contributed by atoms with Crippen LogP contribution in [0.1, 0.15) is 29.8 Å². The van der Waals surface area contributed by atoms with Gasteiger partial charge in [-0.05, 0) is 36.4 Å². The Hall–Kier alpha value is -1.23. The topological polar surface area (TPSA) is 38.7 Å². The molecule has 1 aliphatic heterocycles. The Kier molecular flexibility index (Phi) is 4.11. The van der Waals surface area contributed by atoms with Gasteiger partial charge in [-0.3, -0.25) is 0 Å². The Morgan fingerprint density at radius 1 is 1.24 bits per heavy atom. The molecular weight excluding hydrogens is 356 g/mol. The molecule has 0 saturated carbocycles. The number of rotatable bonds is 2. The normalized spacial score (nSPS) is 20.6. The van der Waals surface area contributed by atoms with E-state index in [2.05, 4.69) is 15.9 Å². The first-order valence-electron chi connectivity index (χ1n) is 6.56. The van der Waals surface area contributed by atoms with E-state index >= 15 is 0 Å². The second-order valence-corrected chi connectivity index (χ2v) is 6.22. The van der Waals surface area contributed by atoms with Gasteiger partial charge in [-0.25, -0.2) is 0 Å². The Balaban J connectivity index is 1.97. The van der Waals surface area contributed by atoms with E-state index in [1.54, 1.807) is 25.3 Å². The molecule has 110 valence electrons. The van der Waals surface area contributed by atoms with Crippen molar-refractivity contribution in [2.45, 2.75) is 18.6 Å². The Morgan fingerprint density at radius 2 is 2.05 bits per heavy atom. The highest BCUT2D eigenvalue weighted by atomic mass is 79.9. The lowest BCUT2D eigenvalue weighted by Crippen LogP contribution is -2.19. The van der Waals surface area contributed by atoms with Crippen LogP contribution in [0.4, 0.5) is 0 Å². The van der Waals surface area contributed by atoms with E-state index in [0.29, 0.717) is 17.2 Å². The lowest BCUT2D eigenvalue weighted by atomic mass is 9.95. The van der Waals surface area contributed by atoms with Crippen LogP contribution in [0.5, 0.6) is 11.5 Å². The molecule has 3 nitrogen and oxygen atoms in total. The molecule has 0 aliphatic carbocycles. The molecule has 2 unspecified atom stereocenters. The molecule has 0 fully saturated rings. The zero-order valence-electron chi connectivity index (χ0n) is 11.3. The number of ether oxygens (including phenoxy) is 2. The Labute approximate surface area is 136 Å². The van der Waals surface area contributed by atoms with Gasteiger partial charge in [-0.1, -0.05) is 27.5 Å². The zero-order chi connectivity index (χ0) is 15.0. The molecule has 0 bridgehead atoms. The van der Waals surface area contributed by atoms with Crippen LogP contribution in [0, 0.1) is 0 Å². The summed E-state index contributed by atoms with van der Waals surface area (Å²) in [5.41, 5.74) is 1.69. The van der Waals surface area contributed by atoms with Crippen LogP contribution in [0.3, 0.4) is 0 Å². The predicted molar refractivity (Wildman–Crippen MR) is 85.1 cm³/mol. The summed E-state index contributed by atoms with van der Waals surface area (Å²) in [6.07, 6.45) is -0.368. The summed E-state index contributed by atoms with van der Waals surface area (Å²) < 4.78 is 12.2. The van der Waals surface area contributed by atoms with E-state index in [1.165, 1.54) is 0 Å². The monoisotopic (exact) mass is 368 g/mol. The van der Waals surface area contributed by atoms with Crippen molar-refractivity contribution >= 4 is 27.5 Å². The van der Waals surface area contributed by atoms with Crippen LogP contribution in [0.15, 0.2) is 40.9 Å². The van der Waals surface area contributed by atoms with Crippen LogP contribution >= 0.6 is 27.5 Å². The number of methoxy groups -OCH3 is 1. The van der Waals surface area contributed by atoms with Crippen molar-refractivity contribution in [2.24, 2.45) is 0 Å². The van der Waals surface area contributed by atoms with Crippen molar-refractivity contribution in [3.63, 3.8) is 0 Å². The summed E-state index contributed by atoms with van der Waals surface area (Å²) in [5.74, 6) is 1.42. The average molecular weight is 370 g/mol. The summed E-state index contributed by atoms with van der Waals surface area (Å²) >= 11 is 9.50. The van der Waals surface area contributed by atoms with Gasteiger partial charge in [-0.2, -0.15) is 0 Å². The molecule has 1 N–H and O–H groups in total. The highest BCUT2D eigenvalue weighted by molar-refractivity contribution is 9.10. The Morgan fingerprint density at radius 3 is 2.81 bits per heavy atom. The molecule has 5 heteroatoms. The standard InChI is InChI=1S/C16H14BrClO3/c1-20-10-3-4-13(17)11(7-10)16-8-14(19)12-6-9(18)2-5-15(12)21-16/h2-7,14,16,19H,8H2,1H3. The van der Waals surface area contributed by atoms with Gasteiger partial charge in [0.05, 0.1) is 13.2 Å². The summed E-state index contributed by atoms with van der Waals surface area (Å²) in [4.78, 5) is 0. The minimum Gasteiger partial charge on any atom is -0.497 e. The molecule has 2 atom stereocenters. The lowest BCUT2D eigenvalue weighted by Gasteiger charge is -2.30. The van der Waals surface area contributed by atoms with Crippen LogP contribution < -0.4 is 9.47 Å². The maximum Gasteiger partial charge on any atom is 0.128 e. The fraction of sp³-hybridized carbons (Fsp3) is 0.250. The highest BCUT2D eigenvalue weighted by Crippen LogP contribution is 2.43. The largest absolute Gasteiger partial charge is 0.497 e. The van der Waals surface area contributed by atoms with Crippen molar-refractivity contribution in [3.8, 4) is 11.5 Å². The number of hydrogen-bond acceptors (Lipinski definition) is 3. The number of aliphatic hydroxyl groups is 1. The van der Waals surface area contributed by atoms with Crippen molar-refractivity contribution in [3.05, 3.63) is 57.0 Å². The van der Waals surface area contributed by atoms with Crippen molar-refractivity contribution in [2.75, 3.05) is 7.11 Å². The van der Waals surface area contributed by atoms with Crippen LogP contribution in [0.2, 0.25) is 5.02 Å². The van der Waals surface area contributed by atoms with Gasteiger partial charge in [0, 0.05) is 27.0 Å². The second kappa shape index (κ2) is 5.87. The summed E-state index contributed by atoms with van der Waals surface area (Å²) in [5, 5.41) is 10.9. The molecule has 1 heterocycles. The highest BCUT2D eigenvalue weighted by Gasteiger charge is 2.29. The quantitative estimate of drug-likeness (QED) is 0.836. The number of halogens is 2. The zero-order valence-corrected chi connectivity index (χ0v) is 13.7. The minimum absolute atomic E-state index is 0.238. The van der Waals surface area contributed by atoms with Crippen LogP contribution in [0.25, 0.3) is 0 Å². The third kappa shape index (κ3) is 2.89. The molecule has 1 aliphatic rings. The molecule has 0 amide bonds. The summed E-state index contributed by atoms with van der Waals surface area (Å²) in [6.45, 7) is 0. The molecule has 0 saturated heterocycles. The molecule has 0 spiro atoms. The van der Waals surface area contributed by atoms with Gasteiger partial charge in [-0.15, -0.1) is 0 Å². The second-order valence-electron chi connectivity index (χ2n) is 4.93. The van der Waals surface area contributed by atoms with Gasteiger partial charge in [0.25, 0.3) is 0 Å². The Bertz CT molecular complexity index is 675. The molecule has 2 aromatic carbocycles. The van der Waals surface area contributed by atoms with Gasteiger partial charge in [0.15, 0.2) is 0 Å². The van der Waals surface area contributed by atoms with E-state index < -0.39 is 6.10 Å². The van der Waals surface area contributed by atoms with Crippen molar-refractivity contribution in [1.82, 2.24) is 0 Å². The first kappa shape index (κ1) is 14.7. The van der Waals surface area contributed by atoms with Crippen molar-refractivity contribution < 1.29 is 14.6 Å². The first-order chi connectivity index (χ1) is 10.1.